The molecule has 2 aromatic rings. The molecule has 0 aliphatic carbocycles. The lowest BCUT2D eigenvalue weighted by atomic mass is 10.0. The minimum Gasteiger partial charge on any atom is -0.387 e. The Hall–Kier alpha value is -1.15. The first-order valence-electron chi connectivity index (χ1n) is 7.11. The number of hydrogen-bond acceptors (Lipinski definition) is 2. The minimum absolute atomic E-state index is 0.0593. The Bertz CT molecular complexity index is 562. The fraction of sp³-hybridized carbons (Fsp3) is 0.294. The summed E-state index contributed by atoms with van der Waals surface area (Å²) in [6.07, 6.45) is -0.553. The second-order valence-corrected chi connectivity index (χ2v) is 8.73. The van der Waals surface area contributed by atoms with Crippen LogP contribution in [0, 0.1) is 0 Å². The van der Waals surface area contributed by atoms with Crippen molar-refractivity contribution in [2.24, 2.45) is 0 Å². The van der Waals surface area contributed by atoms with Gasteiger partial charge in [-0.1, -0.05) is 48.5 Å². The highest BCUT2D eigenvalue weighted by molar-refractivity contribution is 8.00. The van der Waals surface area contributed by atoms with Crippen molar-refractivity contribution in [2.75, 3.05) is 13.7 Å². The molecule has 3 atom stereocenters. The smallest absolute Gasteiger partial charge is 0.0975 e. The van der Waals surface area contributed by atoms with Crippen molar-refractivity contribution < 1.29 is 5.11 Å². The maximum absolute atomic E-state index is 10.6. The number of nitrogens with zero attached hydrogens (tertiary/aromatic N) is 1. The highest BCUT2D eigenvalue weighted by atomic mass is 31.2. The third kappa shape index (κ3) is 3.55. The van der Waals surface area contributed by atoms with E-state index in [1.165, 1.54) is 0 Å². The zero-order valence-electron chi connectivity index (χ0n) is 12.8. The fourth-order valence-corrected chi connectivity index (χ4v) is 4.45. The van der Waals surface area contributed by atoms with E-state index in [9.17, 15) is 5.11 Å². The maximum atomic E-state index is 10.6. The van der Waals surface area contributed by atoms with Gasteiger partial charge in [0, 0.05) is 13.7 Å². The highest BCUT2D eigenvalue weighted by Gasteiger charge is 2.30. The number of aliphatic hydroxyl groups excluding tert-OH is 1. The summed E-state index contributed by atoms with van der Waals surface area (Å²) in [4.78, 5) is 0. The van der Waals surface area contributed by atoms with Crippen LogP contribution in [0.15, 0.2) is 60.7 Å². The molecule has 21 heavy (non-hydrogen) atoms. The molecule has 4 heteroatoms. The summed E-state index contributed by atoms with van der Waals surface area (Å²) in [5.41, 5.74) is 0.921. The Morgan fingerprint density at radius 2 is 1.48 bits per heavy atom. The molecule has 0 bridgehead atoms. The van der Waals surface area contributed by atoms with E-state index in [2.05, 4.69) is 23.5 Å². The summed E-state index contributed by atoms with van der Waals surface area (Å²) in [5.74, 6) is 0. The normalized spacial score (nSPS) is 17.2. The largest absolute Gasteiger partial charge is 0.387 e. The van der Waals surface area contributed by atoms with Gasteiger partial charge in [-0.15, -0.1) is 0 Å². The first-order valence-corrected chi connectivity index (χ1v) is 9.37. The molecule has 0 amide bonds. The van der Waals surface area contributed by atoms with Gasteiger partial charge in [-0.25, -0.2) is 4.67 Å². The molecule has 0 aromatic heterocycles. The van der Waals surface area contributed by atoms with Crippen molar-refractivity contribution in [1.29, 1.82) is 0 Å². The van der Waals surface area contributed by atoms with Gasteiger partial charge in [0.15, 0.2) is 0 Å². The maximum Gasteiger partial charge on any atom is 0.0975 e. The first kappa shape index (κ1) is 16.2. The molecular formula is C17H22BNOP. The molecule has 0 heterocycles. The predicted molar refractivity (Wildman–Crippen MR) is 93.3 cm³/mol. The Balaban J connectivity index is 2.20. The molecule has 0 saturated heterocycles. The topological polar surface area (TPSA) is 23.5 Å². The van der Waals surface area contributed by atoms with E-state index in [1.807, 2.05) is 62.5 Å². The number of rotatable bonds is 5. The highest BCUT2D eigenvalue weighted by Crippen LogP contribution is 2.53. The van der Waals surface area contributed by atoms with E-state index in [0.29, 0.717) is 0 Å². The van der Waals surface area contributed by atoms with Gasteiger partial charge in [0.1, 0.15) is 0 Å². The van der Waals surface area contributed by atoms with Crippen LogP contribution in [-0.2, 0) is 0 Å². The minimum atomic E-state index is -1.94. The van der Waals surface area contributed by atoms with Gasteiger partial charge in [-0.3, -0.25) is 7.57 Å². The van der Waals surface area contributed by atoms with Crippen molar-refractivity contribution >= 4 is 20.2 Å². The average Bonchev–Trinajstić information content (AvgIpc) is 2.54. The predicted octanol–water partition coefficient (Wildman–Crippen LogP) is 3.01. The lowest BCUT2D eigenvalue weighted by molar-refractivity contribution is 0.110. The van der Waals surface area contributed by atoms with Crippen molar-refractivity contribution in [3.05, 3.63) is 66.2 Å². The fourth-order valence-electron chi connectivity index (χ4n) is 2.42. The van der Waals surface area contributed by atoms with E-state index in [4.69, 9.17) is 7.57 Å². The van der Waals surface area contributed by atoms with E-state index in [-0.39, 0.29) is 6.04 Å². The van der Waals surface area contributed by atoms with E-state index in [1.54, 1.807) is 0 Å². The summed E-state index contributed by atoms with van der Waals surface area (Å²) in [7, 11) is 6.68. The zero-order valence-corrected chi connectivity index (χ0v) is 13.7. The van der Waals surface area contributed by atoms with Gasteiger partial charge in [0.2, 0.25) is 0 Å². The summed E-state index contributed by atoms with van der Waals surface area (Å²) < 4.78 is 2.12. The SMILES string of the molecule is [B-][P+](C)(c1ccccc1)N(C)[C@@H](C)[C@H](O)c1ccccc1. The molecular weight excluding hydrogens is 276 g/mol. The van der Waals surface area contributed by atoms with Gasteiger partial charge >= 0.3 is 0 Å². The summed E-state index contributed by atoms with van der Waals surface area (Å²) in [6.45, 7) is 4.10. The number of aliphatic hydroxyl groups is 1. The van der Waals surface area contributed by atoms with Crippen molar-refractivity contribution in [3.63, 3.8) is 0 Å². The van der Waals surface area contributed by atoms with Gasteiger partial charge in [0.05, 0.1) is 17.5 Å². The molecule has 0 aliphatic rings. The third-order valence-electron chi connectivity index (χ3n) is 4.12. The van der Waals surface area contributed by atoms with Crippen molar-refractivity contribution in [3.8, 4) is 0 Å². The van der Waals surface area contributed by atoms with Gasteiger partial charge in [-0.05, 0) is 24.6 Å². The van der Waals surface area contributed by atoms with Crippen LogP contribution in [0.25, 0.3) is 0 Å². The van der Waals surface area contributed by atoms with Crippen LogP contribution in [-0.4, -0.2) is 37.1 Å². The molecule has 0 spiro atoms. The quantitative estimate of drug-likeness (QED) is 0.677. The molecule has 2 nitrogen and oxygen atoms in total. The van der Waals surface area contributed by atoms with E-state index in [0.717, 1.165) is 10.9 Å². The van der Waals surface area contributed by atoms with Gasteiger partial charge in [-0.2, -0.15) is 7.29 Å². The molecule has 109 valence electrons. The van der Waals surface area contributed by atoms with E-state index < -0.39 is 13.4 Å². The number of hydrogen-bond donors (Lipinski definition) is 1. The van der Waals surface area contributed by atoms with E-state index >= 15 is 0 Å². The standard InChI is InChI=1S/C17H22BNOP/c1-14(17(20)15-10-6-4-7-11-15)19(2)21(3,18)16-12-8-5-9-13-16/h4-14,17,20H,1-3H3/t14-,17-,21?/m0/s1. The molecule has 3 radical (unpaired) electrons. The van der Waals surface area contributed by atoms with Crippen LogP contribution < -0.4 is 5.30 Å². The van der Waals surface area contributed by atoms with Crippen LogP contribution >= 0.6 is 7.29 Å². The number of benzene rings is 2. The lowest BCUT2D eigenvalue weighted by Crippen LogP contribution is -2.37. The lowest BCUT2D eigenvalue weighted by Gasteiger charge is -2.45. The summed E-state index contributed by atoms with van der Waals surface area (Å²) in [5, 5.41) is 11.7. The second kappa shape index (κ2) is 6.74. The summed E-state index contributed by atoms with van der Waals surface area (Å²) in [6, 6.07) is 19.8. The Morgan fingerprint density at radius 3 is 2.00 bits per heavy atom. The third-order valence-corrected chi connectivity index (χ3v) is 7.14. The van der Waals surface area contributed by atoms with Crippen molar-refractivity contribution in [2.45, 2.75) is 19.1 Å². The van der Waals surface area contributed by atoms with Gasteiger partial charge in [0.25, 0.3) is 0 Å². The van der Waals surface area contributed by atoms with Crippen LogP contribution in [0.3, 0.4) is 0 Å². The average molecular weight is 298 g/mol. The Morgan fingerprint density at radius 1 is 1.00 bits per heavy atom. The molecule has 1 unspecified atom stereocenters. The number of likely N-dealkylation sites (N-methyl/N-ethyl adjacent to an activating group) is 1. The molecule has 2 aromatic carbocycles. The summed E-state index contributed by atoms with van der Waals surface area (Å²) >= 11 is 0. The van der Waals surface area contributed by atoms with Crippen LogP contribution in [0.5, 0.6) is 0 Å². The van der Waals surface area contributed by atoms with Crippen LogP contribution in [0.4, 0.5) is 0 Å². The molecule has 0 fully saturated rings. The molecule has 1 N–H and O–H groups in total. The molecule has 0 saturated carbocycles. The van der Waals surface area contributed by atoms with Crippen LogP contribution in [0.1, 0.15) is 18.6 Å². The van der Waals surface area contributed by atoms with Crippen molar-refractivity contribution in [1.82, 2.24) is 4.67 Å². The zero-order chi connectivity index (χ0) is 15.5. The van der Waals surface area contributed by atoms with Crippen LogP contribution in [0.2, 0.25) is 0 Å². The van der Waals surface area contributed by atoms with Gasteiger partial charge < -0.3 is 5.11 Å². The second-order valence-electron chi connectivity index (χ2n) is 5.53. The monoisotopic (exact) mass is 298 g/mol. The Labute approximate surface area is 129 Å². The molecule has 0 aliphatic heterocycles. The molecule has 2 rings (SSSR count). The first-order chi connectivity index (χ1) is 9.94. The Kier molecular flexibility index (Phi) is 5.21.